The van der Waals surface area contributed by atoms with Crippen LogP contribution in [0.5, 0.6) is 0 Å². The summed E-state index contributed by atoms with van der Waals surface area (Å²) in [6, 6.07) is 5.19. The Morgan fingerprint density at radius 2 is 1.88 bits per heavy atom. The zero-order valence-electron chi connectivity index (χ0n) is 14.7. The van der Waals surface area contributed by atoms with Gasteiger partial charge in [-0.05, 0) is 12.0 Å². The Kier molecular flexibility index (Phi) is 9.21. The van der Waals surface area contributed by atoms with E-state index in [2.05, 4.69) is 12.2 Å². The van der Waals surface area contributed by atoms with Crippen LogP contribution in [0, 0.1) is 10.1 Å². The molecule has 0 heterocycles. The monoisotopic (exact) mass is 349 g/mol. The highest BCUT2D eigenvalue weighted by Gasteiger charge is 2.18. The summed E-state index contributed by atoms with van der Waals surface area (Å²) in [5.74, 6) is -0.920. The molecular weight excluding hydrogens is 322 g/mol. The lowest BCUT2D eigenvalue weighted by molar-refractivity contribution is -0.384. The molecule has 0 saturated heterocycles. The molecule has 25 heavy (non-hydrogen) atoms. The van der Waals surface area contributed by atoms with Crippen LogP contribution in [0.25, 0.3) is 0 Å². The molecule has 2 amide bonds. The Balaban J connectivity index is 2.46. The number of hydrogen-bond donors (Lipinski definition) is 2. The third-order valence-electron chi connectivity index (χ3n) is 4.01. The first-order valence-electron chi connectivity index (χ1n) is 8.76. The van der Waals surface area contributed by atoms with E-state index in [0.717, 1.165) is 19.3 Å². The Labute approximate surface area is 148 Å². The number of nitro groups is 1. The number of carbonyl (C=O) groups excluding carboxylic acids is 2. The van der Waals surface area contributed by atoms with Gasteiger partial charge in [0.1, 0.15) is 6.04 Å². The smallest absolute Gasteiger partial charge is 0.269 e. The molecule has 0 aliphatic carbocycles. The maximum Gasteiger partial charge on any atom is 0.269 e. The van der Waals surface area contributed by atoms with Crippen molar-refractivity contribution in [1.29, 1.82) is 0 Å². The van der Waals surface area contributed by atoms with Crippen LogP contribution < -0.4 is 11.1 Å². The van der Waals surface area contributed by atoms with Gasteiger partial charge in [0, 0.05) is 12.1 Å². The van der Waals surface area contributed by atoms with E-state index in [-0.39, 0.29) is 18.0 Å². The van der Waals surface area contributed by atoms with E-state index in [1.807, 2.05) is 0 Å². The van der Waals surface area contributed by atoms with Crippen LogP contribution in [0.3, 0.4) is 0 Å². The number of primary amides is 1. The predicted molar refractivity (Wildman–Crippen MR) is 95.9 cm³/mol. The van der Waals surface area contributed by atoms with Crippen molar-refractivity contribution in [3.63, 3.8) is 0 Å². The Morgan fingerprint density at radius 1 is 1.20 bits per heavy atom. The number of hydrogen-bond acceptors (Lipinski definition) is 4. The van der Waals surface area contributed by atoms with Crippen molar-refractivity contribution in [3.8, 4) is 0 Å². The molecule has 1 atom stereocenters. The number of carbonyl (C=O) groups is 2. The minimum Gasteiger partial charge on any atom is -0.368 e. The van der Waals surface area contributed by atoms with Crippen molar-refractivity contribution in [2.24, 2.45) is 5.73 Å². The van der Waals surface area contributed by atoms with Gasteiger partial charge in [0.05, 0.1) is 11.3 Å². The summed E-state index contributed by atoms with van der Waals surface area (Å²) in [6.45, 7) is 2.15. The first-order chi connectivity index (χ1) is 11.9. The largest absolute Gasteiger partial charge is 0.368 e. The summed E-state index contributed by atoms with van der Waals surface area (Å²) in [5.41, 5.74) is 5.82. The van der Waals surface area contributed by atoms with Crippen molar-refractivity contribution >= 4 is 17.5 Å². The standard InChI is InChI=1S/C18H27N3O4/c1-2-3-4-5-6-7-11-16(18(19)23)20-17(22)13-14-9-8-10-15(12-14)21(24)25/h8-10,12,16H,2-7,11,13H2,1H3,(H2,19,23)(H,20,22)/t16-/m1/s1. The number of nitrogens with two attached hydrogens (primary N) is 1. The van der Waals surface area contributed by atoms with Gasteiger partial charge in [-0.25, -0.2) is 0 Å². The summed E-state index contributed by atoms with van der Waals surface area (Å²) in [5, 5.41) is 13.4. The van der Waals surface area contributed by atoms with Gasteiger partial charge >= 0.3 is 0 Å². The molecule has 0 bridgehead atoms. The van der Waals surface area contributed by atoms with E-state index in [1.54, 1.807) is 6.07 Å². The summed E-state index contributed by atoms with van der Waals surface area (Å²) in [7, 11) is 0. The fourth-order valence-corrected chi connectivity index (χ4v) is 2.63. The van der Waals surface area contributed by atoms with E-state index < -0.39 is 16.9 Å². The molecule has 0 radical (unpaired) electrons. The zero-order valence-corrected chi connectivity index (χ0v) is 14.7. The Morgan fingerprint density at radius 3 is 2.52 bits per heavy atom. The SMILES string of the molecule is CCCCCCCC[C@@H](NC(=O)Cc1cccc([N+](=O)[O-])c1)C(N)=O. The molecule has 3 N–H and O–H groups in total. The van der Waals surface area contributed by atoms with Gasteiger partial charge in [-0.15, -0.1) is 0 Å². The number of unbranched alkanes of at least 4 members (excludes halogenated alkanes) is 5. The fourth-order valence-electron chi connectivity index (χ4n) is 2.63. The second-order valence-electron chi connectivity index (χ2n) is 6.18. The number of amides is 2. The number of non-ortho nitro benzene ring substituents is 1. The minimum absolute atomic E-state index is 0.0258. The molecule has 1 rings (SSSR count). The first kappa shape index (κ1) is 20.6. The van der Waals surface area contributed by atoms with Crippen LogP contribution in [0.2, 0.25) is 0 Å². The molecule has 0 fully saturated rings. The number of rotatable bonds is 12. The normalized spacial score (nSPS) is 11.7. The average Bonchev–Trinajstić information content (AvgIpc) is 2.56. The fraction of sp³-hybridized carbons (Fsp3) is 0.556. The van der Waals surface area contributed by atoms with Gasteiger partial charge < -0.3 is 11.1 Å². The lowest BCUT2D eigenvalue weighted by Crippen LogP contribution is -2.44. The number of nitrogens with zero attached hydrogens (tertiary/aromatic N) is 1. The highest BCUT2D eigenvalue weighted by atomic mass is 16.6. The van der Waals surface area contributed by atoms with Crippen LogP contribution in [-0.2, 0) is 16.0 Å². The molecule has 0 aliphatic heterocycles. The summed E-state index contributed by atoms with van der Waals surface area (Å²) >= 11 is 0. The van der Waals surface area contributed by atoms with Gasteiger partial charge in [-0.1, -0.05) is 57.6 Å². The van der Waals surface area contributed by atoms with Gasteiger partial charge in [-0.2, -0.15) is 0 Å². The average molecular weight is 349 g/mol. The molecule has 0 aromatic heterocycles. The minimum atomic E-state index is -0.697. The summed E-state index contributed by atoms with van der Waals surface area (Å²) < 4.78 is 0. The predicted octanol–water partition coefficient (Wildman–Crippen LogP) is 2.86. The summed E-state index contributed by atoms with van der Waals surface area (Å²) in [6.07, 6.45) is 7.00. The van der Waals surface area contributed by atoms with Crippen molar-refractivity contribution in [1.82, 2.24) is 5.32 Å². The van der Waals surface area contributed by atoms with E-state index in [9.17, 15) is 19.7 Å². The molecule has 1 aromatic carbocycles. The highest BCUT2D eigenvalue weighted by molar-refractivity contribution is 5.87. The Hall–Kier alpha value is -2.44. The van der Waals surface area contributed by atoms with Gasteiger partial charge in [0.15, 0.2) is 0 Å². The highest BCUT2D eigenvalue weighted by Crippen LogP contribution is 2.14. The second-order valence-corrected chi connectivity index (χ2v) is 6.18. The topological polar surface area (TPSA) is 115 Å². The van der Waals surface area contributed by atoms with Gasteiger partial charge in [0.25, 0.3) is 5.69 Å². The van der Waals surface area contributed by atoms with E-state index >= 15 is 0 Å². The van der Waals surface area contributed by atoms with Crippen LogP contribution in [0.15, 0.2) is 24.3 Å². The van der Waals surface area contributed by atoms with Crippen molar-refractivity contribution in [2.45, 2.75) is 64.3 Å². The van der Waals surface area contributed by atoms with Crippen LogP contribution in [0.1, 0.15) is 57.4 Å². The molecule has 7 nitrogen and oxygen atoms in total. The lowest BCUT2D eigenvalue weighted by atomic mass is 10.0. The van der Waals surface area contributed by atoms with E-state index in [4.69, 9.17) is 5.73 Å². The Bertz CT molecular complexity index is 589. The molecule has 0 spiro atoms. The third kappa shape index (κ3) is 8.28. The molecule has 1 aromatic rings. The van der Waals surface area contributed by atoms with Crippen molar-refractivity contribution < 1.29 is 14.5 Å². The number of benzene rings is 1. The quantitative estimate of drug-likeness (QED) is 0.343. The van der Waals surface area contributed by atoms with Crippen LogP contribution >= 0.6 is 0 Å². The summed E-state index contributed by atoms with van der Waals surface area (Å²) in [4.78, 5) is 33.9. The molecule has 0 aliphatic rings. The number of nitro benzene ring substituents is 1. The van der Waals surface area contributed by atoms with Crippen molar-refractivity contribution in [3.05, 3.63) is 39.9 Å². The molecule has 7 heteroatoms. The first-order valence-corrected chi connectivity index (χ1v) is 8.76. The lowest BCUT2D eigenvalue weighted by Gasteiger charge is -2.15. The third-order valence-corrected chi connectivity index (χ3v) is 4.01. The molecule has 0 unspecified atom stereocenters. The van der Waals surface area contributed by atoms with Gasteiger partial charge in [-0.3, -0.25) is 19.7 Å². The van der Waals surface area contributed by atoms with Crippen LogP contribution in [0.4, 0.5) is 5.69 Å². The molecular formula is C18H27N3O4. The number of nitrogens with one attached hydrogen (secondary N) is 1. The van der Waals surface area contributed by atoms with E-state index in [1.165, 1.54) is 37.5 Å². The van der Waals surface area contributed by atoms with Gasteiger partial charge in [0.2, 0.25) is 11.8 Å². The maximum absolute atomic E-state index is 12.1. The molecule has 0 saturated carbocycles. The van der Waals surface area contributed by atoms with E-state index in [0.29, 0.717) is 12.0 Å². The second kappa shape index (κ2) is 11.2. The zero-order chi connectivity index (χ0) is 18.7. The van der Waals surface area contributed by atoms with Crippen molar-refractivity contribution in [2.75, 3.05) is 0 Å². The molecule has 138 valence electrons. The van der Waals surface area contributed by atoms with Crippen LogP contribution in [-0.4, -0.2) is 22.8 Å². The maximum atomic E-state index is 12.1.